The summed E-state index contributed by atoms with van der Waals surface area (Å²) in [4.78, 5) is 19.2. The minimum atomic E-state index is 0.00507. The summed E-state index contributed by atoms with van der Waals surface area (Å²) >= 11 is 1.52. The van der Waals surface area contributed by atoms with E-state index in [4.69, 9.17) is 5.73 Å². The van der Waals surface area contributed by atoms with Crippen LogP contribution in [0.25, 0.3) is 0 Å². The lowest BCUT2D eigenvalue weighted by Crippen LogP contribution is -2.36. The molecule has 0 saturated heterocycles. The Morgan fingerprint density at radius 3 is 3.00 bits per heavy atom. The minimum absolute atomic E-state index is 0.00507. The molecular weight excluding hydrogens is 294 g/mol. The maximum absolute atomic E-state index is 12.8. The van der Waals surface area contributed by atoms with Crippen molar-refractivity contribution in [3.8, 4) is 0 Å². The smallest absolute Gasteiger partial charge is 0.277 e. The molecule has 0 spiro atoms. The zero-order valence-electron chi connectivity index (χ0n) is 13.1. The Labute approximate surface area is 135 Å². The van der Waals surface area contributed by atoms with Crippen molar-refractivity contribution in [3.63, 3.8) is 0 Å². The van der Waals surface area contributed by atoms with Crippen LogP contribution in [-0.4, -0.2) is 24.0 Å². The van der Waals surface area contributed by atoms with Gasteiger partial charge >= 0.3 is 0 Å². The minimum Gasteiger partial charge on any atom is -0.330 e. The molecule has 2 heterocycles. The van der Waals surface area contributed by atoms with Gasteiger partial charge in [0.05, 0.1) is 5.01 Å². The van der Waals surface area contributed by atoms with E-state index in [1.54, 1.807) is 0 Å². The molecule has 0 saturated carbocycles. The van der Waals surface area contributed by atoms with E-state index in [1.807, 2.05) is 10.3 Å². The van der Waals surface area contributed by atoms with Crippen molar-refractivity contribution < 1.29 is 4.79 Å². The molecule has 2 aromatic rings. The molecule has 4 nitrogen and oxygen atoms in total. The van der Waals surface area contributed by atoms with E-state index < -0.39 is 0 Å². The largest absolute Gasteiger partial charge is 0.330 e. The number of fused-ring (bicyclic) bond motifs is 1. The van der Waals surface area contributed by atoms with Crippen LogP contribution in [0.15, 0.2) is 17.5 Å². The highest BCUT2D eigenvalue weighted by Crippen LogP contribution is 2.32. The fourth-order valence-corrected chi connectivity index (χ4v) is 3.86. The van der Waals surface area contributed by atoms with Gasteiger partial charge in [0, 0.05) is 24.0 Å². The average molecular weight is 315 g/mol. The van der Waals surface area contributed by atoms with Crippen molar-refractivity contribution in [2.24, 2.45) is 5.73 Å². The van der Waals surface area contributed by atoms with Crippen LogP contribution in [-0.2, 0) is 12.8 Å². The second-order valence-corrected chi connectivity index (χ2v) is 6.75. The van der Waals surface area contributed by atoms with E-state index in [9.17, 15) is 4.79 Å². The molecule has 0 aliphatic carbocycles. The number of carbonyl (C=O) groups is 1. The summed E-state index contributed by atoms with van der Waals surface area (Å²) in [6.07, 6.45) is 2.77. The first-order chi connectivity index (χ1) is 10.6. The predicted molar refractivity (Wildman–Crippen MR) is 90.8 cm³/mol. The lowest BCUT2D eigenvalue weighted by molar-refractivity contribution is 0.0981. The number of nitrogens with two attached hydrogens (primary N) is 1. The fourth-order valence-electron chi connectivity index (χ4n) is 3.07. The molecule has 116 valence electrons. The number of carbonyl (C=O) groups excluding carboxylic acids is 1. The number of hydrogen-bond acceptors (Lipinski definition) is 4. The van der Waals surface area contributed by atoms with Gasteiger partial charge in [-0.3, -0.25) is 4.79 Å². The van der Waals surface area contributed by atoms with Crippen molar-refractivity contribution in [1.82, 2.24) is 4.98 Å². The molecule has 1 aliphatic rings. The molecule has 2 N–H and O–H groups in total. The molecule has 0 unspecified atom stereocenters. The van der Waals surface area contributed by atoms with Gasteiger partial charge in [-0.1, -0.05) is 6.07 Å². The quantitative estimate of drug-likeness (QED) is 0.947. The Morgan fingerprint density at radius 1 is 1.41 bits per heavy atom. The van der Waals surface area contributed by atoms with Gasteiger partial charge in [-0.15, -0.1) is 11.3 Å². The third-order valence-corrected chi connectivity index (χ3v) is 4.98. The molecular formula is C17H21N3OS. The van der Waals surface area contributed by atoms with Gasteiger partial charge in [0.25, 0.3) is 5.91 Å². The van der Waals surface area contributed by atoms with E-state index in [2.05, 4.69) is 31.0 Å². The molecule has 0 atom stereocenters. The fraction of sp³-hybridized carbons (Fsp3) is 0.412. The van der Waals surface area contributed by atoms with Crippen molar-refractivity contribution in [1.29, 1.82) is 0 Å². The first-order valence-electron chi connectivity index (χ1n) is 7.66. The summed E-state index contributed by atoms with van der Waals surface area (Å²) in [5, 5.41) is 2.79. The summed E-state index contributed by atoms with van der Waals surface area (Å²) < 4.78 is 0. The first kappa shape index (κ1) is 15.2. The molecule has 5 heteroatoms. The number of anilines is 1. The topological polar surface area (TPSA) is 59.2 Å². The number of aromatic nitrogens is 1. The Morgan fingerprint density at radius 2 is 2.23 bits per heavy atom. The van der Waals surface area contributed by atoms with Crippen LogP contribution in [0.5, 0.6) is 0 Å². The number of thiazole rings is 1. The number of hydrogen-bond donors (Lipinski definition) is 1. The summed E-state index contributed by atoms with van der Waals surface area (Å²) in [6, 6.07) is 4.31. The van der Waals surface area contributed by atoms with Gasteiger partial charge < -0.3 is 10.6 Å². The van der Waals surface area contributed by atoms with Gasteiger partial charge in [-0.25, -0.2) is 4.98 Å². The molecule has 3 rings (SSSR count). The van der Waals surface area contributed by atoms with Gasteiger partial charge in [0.2, 0.25) is 0 Å². The Bertz CT molecular complexity index is 708. The molecule has 1 aromatic heterocycles. The van der Waals surface area contributed by atoms with Gasteiger partial charge in [-0.2, -0.15) is 0 Å². The van der Waals surface area contributed by atoms with Crippen LogP contribution in [0.4, 0.5) is 5.69 Å². The van der Waals surface area contributed by atoms with Crippen molar-refractivity contribution in [2.45, 2.75) is 33.1 Å². The zero-order chi connectivity index (χ0) is 15.7. The normalized spacial score (nSPS) is 14.0. The zero-order valence-corrected chi connectivity index (χ0v) is 13.9. The highest BCUT2D eigenvalue weighted by atomic mass is 32.1. The average Bonchev–Trinajstić information content (AvgIpc) is 2.95. The number of benzene rings is 1. The van der Waals surface area contributed by atoms with Crippen LogP contribution >= 0.6 is 11.3 Å². The summed E-state index contributed by atoms with van der Waals surface area (Å²) in [5.41, 5.74) is 10.9. The van der Waals surface area contributed by atoms with Gasteiger partial charge in [-0.05, 0) is 56.0 Å². The standard InChI is InChI=1S/C17H21N3OS/c1-11-8-12(2)13-4-3-7-20(15(13)9-11)17(21)14-10-22-16(19-14)5-6-18/h8-10H,3-7,18H2,1-2H3. The lowest BCUT2D eigenvalue weighted by atomic mass is 9.95. The van der Waals surface area contributed by atoms with Crippen LogP contribution in [0.3, 0.4) is 0 Å². The Hall–Kier alpha value is -1.72. The van der Waals surface area contributed by atoms with Crippen LogP contribution in [0.2, 0.25) is 0 Å². The number of amides is 1. The Balaban J connectivity index is 1.94. The molecule has 0 bridgehead atoms. The summed E-state index contributed by atoms with van der Waals surface area (Å²) in [7, 11) is 0. The van der Waals surface area contributed by atoms with Crippen LogP contribution in [0, 0.1) is 13.8 Å². The molecule has 1 aliphatic heterocycles. The molecule has 22 heavy (non-hydrogen) atoms. The van der Waals surface area contributed by atoms with Crippen LogP contribution < -0.4 is 10.6 Å². The van der Waals surface area contributed by atoms with Crippen LogP contribution in [0.1, 0.15) is 38.6 Å². The SMILES string of the molecule is Cc1cc(C)c2c(c1)N(C(=O)c1csc(CCN)n1)CCC2. The third-order valence-electron chi connectivity index (χ3n) is 4.07. The number of aryl methyl sites for hydroxylation is 2. The molecule has 0 fully saturated rings. The van der Waals surface area contributed by atoms with Crippen molar-refractivity contribution in [3.05, 3.63) is 44.9 Å². The number of rotatable bonds is 3. The Kier molecular flexibility index (Phi) is 4.27. The van der Waals surface area contributed by atoms with E-state index in [0.29, 0.717) is 12.2 Å². The summed E-state index contributed by atoms with van der Waals surface area (Å²) in [5.74, 6) is 0.00507. The first-order valence-corrected chi connectivity index (χ1v) is 8.54. The van der Waals surface area contributed by atoms with Crippen molar-refractivity contribution in [2.75, 3.05) is 18.0 Å². The summed E-state index contributed by atoms with van der Waals surface area (Å²) in [6.45, 7) is 5.53. The molecule has 1 amide bonds. The third kappa shape index (κ3) is 2.78. The number of nitrogens with zero attached hydrogens (tertiary/aromatic N) is 2. The molecule has 0 radical (unpaired) electrons. The van der Waals surface area contributed by atoms with E-state index in [0.717, 1.165) is 36.5 Å². The molecule has 1 aromatic carbocycles. The van der Waals surface area contributed by atoms with E-state index in [1.165, 1.54) is 28.0 Å². The van der Waals surface area contributed by atoms with E-state index in [-0.39, 0.29) is 5.91 Å². The maximum atomic E-state index is 12.8. The van der Waals surface area contributed by atoms with Gasteiger partial charge in [0.15, 0.2) is 0 Å². The monoisotopic (exact) mass is 315 g/mol. The lowest BCUT2D eigenvalue weighted by Gasteiger charge is -2.30. The maximum Gasteiger partial charge on any atom is 0.277 e. The highest BCUT2D eigenvalue weighted by Gasteiger charge is 2.26. The van der Waals surface area contributed by atoms with E-state index >= 15 is 0 Å². The van der Waals surface area contributed by atoms with Gasteiger partial charge in [0.1, 0.15) is 5.69 Å². The predicted octanol–water partition coefficient (Wildman–Crippen LogP) is 2.85. The van der Waals surface area contributed by atoms with Crippen molar-refractivity contribution >= 4 is 22.9 Å². The second kappa shape index (κ2) is 6.18. The highest BCUT2D eigenvalue weighted by molar-refractivity contribution is 7.09. The second-order valence-electron chi connectivity index (χ2n) is 5.81.